The minimum Gasteiger partial charge on any atom is -0.484 e. The van der Waals surface area contributed by atoms with E-state index in [9.17, 15) is 9.59 Å². The molecule has 2 rings (SSSR count). The van der Waals surface area contributed by atoms with Gasteiger partial charge in [-0.1, -0.05) is 12.1 Å². The summed E-state index contributed by atoms with van der Waals surface area (Å²) in [6.45, 7) is 1.65. The minimum atomic E-state index is -0.547. The highest BCUT2D eigenvalue weighted by molar-refractivity contribution is 5.93. The van der Waals surface area contributed by atoms with Gasteiger partial charge in [0.1, 0.15) is 11.6 Å². The van der Waals surface area contributed by atoms with Crippen LogP contribution in [0.5, 0.6) is 5.75 Å². The van der Waals surface area contributed by atoms with Gasteiger partial charge in [0.25, 0.3) is 5.91 Å². The number of carbonyl (C=O) groups excluding carboxylic acids is 2. The van der Waals surface area contributed by atoms with Gasteiger partial charge in [0, 0.05) is 11.3 Å². The summed E-state index contributed by atoms with van der Waals surface area (Å²) in [5, 5.41) is 2.62. The minimum absolute atomic E-state index is 0.183. The van der Waals surface area contributed by atoms with Crippen molar-refractivity contribution in [3.63, 3.8) is 0 Å². The third kappa shape index (κ3) is 4.31. The highest BCUT2D eigenvalue weighted by Gasteiger charge is 2.06. The molecule has 0 aliphatic heterocycles. The quantitative estimate of drug-likeness (QED) is 0.870. The summed E-state index contributed by atoms with van der Waals surface area (Å²) >= 11 is 0. The zero-order valence-electron chi connectivity index (χ0n) is 11.5. The van der Waals surface area contributed by atoms with E-state index in [0.29, 0.717) is 17.1 Å². The number of aromatic nitrogens is 1. The number of pyridine rings is 1. The Labute approximate surface area is 121 Å². The first-order valence-electron chi connectivity index (χ1n) is 6.31. The zero-order chi connectivity index (χ0) is 15.2. The van der Waals surface area contributed by atoms with Gasteiger partial charge in [0.15, 0.2) is 6.61 Å². The largest absolute Gasteiger partial charge is 0.484 e. The molecule has 0 atom stereocenters. The number of nitrogens with one attached hydrogen (secondary N) is 1. The monoisotopic (exact) mass is 285 g/mol. The molecule has 0 bridgehead atoms. The molecule has 6 nitrogen and oxygen atoms in total. The first kappa shape index (κ1) is 14.5. The number of aryl methyl sites for hydroxylation is 1. The number of nitrogens with two attached hydrogens (primary N) is 1. The molecule has 21 heavy (non-hydrogen) atoms. The molecule has 0 spiro atoms. The molecular weight excluding hydrogens is 270 g/mol. The van der Waals surface area contributed by atoms with E-state index in [4.69, 9.17) is 10.5 Å². The van der Waals surface area contributed by atoms with Crippen LogP contribution in [0.3, 0.4) is 0 Å². The summed E-state index contributed by atoms with van der Waals surface area (Å²) < 4.78 is 5.31. The van der Waals surface area contributed by atoms with Crippen LogP contribution < -0.4 is 15.8 Å². The van der Waals surface area contributed by atoms with Gasteiger partial charge in [0.05, 0.1) is 0 Å². The topological polar surface area (TPSA) is 94.3 Å². The van der Waals surface area contributed by atoms with E-state index in [1.807, 2.05) is 13.0 Å². The summed E-state index contributed by atoms with van der Waals surface area (Å²) in [7, 11) is 0. The smallest absolute Gasteiger partial charge is 0.263 e. The van der Waals surface area contributed by atoms with Gasteiger partial charge in [0.2, 0.25) is 5.91 Å². The standard InChI is InChI=1S/C15H15N3O3/c1-10-4-2-7-13(17-10)18-14(19)9-21-12-6-3-5-11(8-12)15(16)20/h2-8H,9H2,1H3,(H2,16,20)(H,17,18,19). The maximum Gasteiger partial charge on any atom is 0.263 e. The lowest BCUT2D eigenvalue weighted by atomic mass is 10.2. The summed E-state index contributed by atoms with van der Waals surface area (Å²) in [5.74, 6) is -0.0143. The first-order chi connectivity index (χ1) is 10.0. The number of ether oxygens (including phenoxy) is 1. The number of primary amides is 1. The lowest BCUT2D eigenvalue weighted by Crippen LogP contribution is -2.21. The fraction of sp³-hybridized carbons (Fsp3) is 0.133. The molecule has 0 radical (unpaired) electrons. The Bertz CT molecular complexity index is 671. The number of hydrogen-bond acceptors (Lipinski definition) is 4. The van der Waals surface area contributed by atoms with Gasteiger partial charge in [-0.15, -0.1) is 0 Å². The number of anilines is 1. The van der Waals surface area contributed by atoms with Crippen LogP contribution in [-0.2, 0) is 4.79 Å². The predicted molar refractivity (Wildman–Crippen MR) is 78.1 cm³/mol. The van der Waals surface area contributed by atoms with Crippen molar-refractivity contribution in [2.24, 2.45) is 5.73 Å². The Morgan fingerprint density at radius 1 is 1.24 bits per heavy atom. The molecule has 2 amide bonds. The molecule has 0 aliphatic rings. The molecule has 1 aromatic carbocycles. The Hall–Kier alpha value is -2.89. The Morgan fingerprint density at radius 3 is 2.71 bits per heavy atom. The van der Waals surface area contributed by atoms with Crippen molar-refractivity contribution >= 4 is 17.6 Å². The van der Waals surface area contributed by atoms with Crippen LogP contribution in [0.1, 0.15) is 16.1 Å². The normalized spacial score (nSPS) is 9.95. The Kier molecular flexibility index (Phi) is 4.50. The lowest BCUT2D eigenvalue weighted by molar-refractivity contribution is -0.118. The average Bonchev–Trinajstić information content (AvgIpc) is 2.45. The molecule has 3 N–H and O–H groups in total. The maximum absolute atomic E-state index is 11.7. The fourth-order valence-corrected chi connectivity index (χ4v) is 1.68. The Balaban J connectivity index is 1.92. The third-order valence-corrected chi connectivity index (χ3v) is 2.64. The SMILES string of the molecule is Cc1cccc(NC(=O)COc2cccc(C(N)=O)c2)n1. The second-order valence-electron chi connectivity index (χ2n) is 4.39. The fourth-order valence-electron chi connectivity index (χ4n) is 1.68. The van der Waals surface area contributed by atoms with Gasteiger partial charge < -0.3 is 15.8 Å². The van der Waals surface area contributed by atoms with E-state index in [0.717, 1.165) is 5.69 Å². The molecule has 0 fully saturated rings. The average molecular weight is 285 g/mol. The van der Waals surface area contributed by atoms with Crippen LogP contribution in [0.15, 0.2) is 42.5 Å². The van der Waals surface area contributed by atoms with E-state index < -0.39 is 5.91 Å². The van der Waals surface area contributed by atoms with Crippen molar-refractivity contribution in [3.8, 4) is 5.75 Å². The van der Waals surface area contributed by atoms with E-state index >= 15 is 0 Å². The van der Waals surface area contributed by atoms with Crippen molar-refractivity contribution < 1.29 is 14.3 Å². The highest BCUT2D eigenvalue weighted by Crippen LogP contribution is 2.13. The van der Waals surface area contributed by atoms with E-state index in [2.05, 4.69) is 10.3 Å². The van der Waals surface area contributed by atoms with Gasteiger partial charge in [-0.3, -0.25) is 9.59 Å². The van der Waals surface area contributed by atoms with Crippen molar-refractivity contribution in [2.45, 2.75) is 6.92 Å². The van der Waals surface area contributed by atoms with Gasteiger partial charge in [-0.05, 0) is 37.3 Å². The number of hydrogen-bond donors (Lipinski definition) is 2. The molecule has 0 unspecified atom stereocenters. The van der Waals surface area contributed by atoms with Gasteiger partial charge in [-0.2, -0.15) is 0 Å². The molecule has 2 aromatic rings. The van der Waals surface area contributed by atoms with Gasteiger partial charge >= 0.3 is 0 Å². The van der Waals surface area contributed by atoms with Crippen molar-refractivity contribution in [3.05, 3.63) is 53.7 Å². The third-order valence-electron chi connectivity index (χ3n) is 2.64. The molecule has 0 aliphatic carbocycles. The first-order valence-corrected chi connectivity index (χ1v) is 6.31. The van der Waals surface area contributed by atoms with Gasteiger partial charge in [-0.25, -0.2) is 4.98 Å². The number of rotatable bonds is 5. The molecule has 1 heterocycles. The number of nitrogens with zero attached hydrogens (tertiary/aromatic N) is 1. The van der Waals surface area contributed by atoms with E-state index in [1.54, 1.807) is 30.3 Å². The molecule has 108 valence electrons. The van der Waals surface area contributed by atoms with E-state index in [-0.39, 0.29) is 12.5 Å². The molecular formula is C15H15N3O3. The zero-order valence-corrected chi connectivity index (χ0v) is 11.5. The lowest BCUT2D eigenvalue weighted by Gasteiger charge is -2.08. The van der Waals surface area contributed by atoms with Crippen LogP contribution in [0.4, 0.5) is 5.82 Å². The highest BCUT2D eigenvalue weighted by atomic mass is 16.5. The van der Waals surface area contributed by atoms with Crippen molar-refractivity contribution in [1.29, 1.82) is 0 Å². The molecule has 0 saturated carbocycles. The molecule has 0 saturated heterocycles. The summed E-state index contributed by atoms with van der Waals surface area (Å²) in [5.41, 5.74) is 6.31. The second kappa shape index (κ2) is 6.51. The number of benzene rings is 1. The number of carbonyl (C=O) groups is 2. The van der Waals surface area contributed by atoms with Crippen LogP contribution >= 0.6 is 0 Å². The summed E-state index contributed by atoms with van der Waals surface area (Å²) in [4.78, 5) is 26.9. The van der Waals surface area contributed by atoms with E-state index in [1.165, 1.54) is 6.07 Å². The van der Waals surface area contributed by atoms with Crippen LogP contribution in [0, 0.1) is 6.92 Å². The maximum atomic E-state index is 11.7. The van der Waals surface area contributed by atoms with Crippen LogP contribution in [0.2, 0.25) is 0 Å². The van der Waals surface area contributed by atoms with Crippen molar-refractivity contribution in [1.82, 2.24) is 4.98 Å². The van der Waals surface area contributed by atoms with Crippen LogP contribution in [0.25, 0.3) is 0 Å². The van der Waals surface area contributed by atoms with Crippen LogP contribution in [-0.4, -0.2) is 23.4 Å². The Morgan fingerprint density at radius 2 is 2.00 bits per heavy atom. The van der Waals surface area contributed by atoms with Crippen molar-refractivity contribution in [2.75, 3.05) is 11.9 Å². The molecule has 1 aromatic heterocycles. The second-order valence-corrected chi connectivity index (χ2v) is 4.39. The number of amides is 2. The summed E-state index contributed by atoms with van der Waals surface area (Å²) in [6, 6.07) is 11.7. The summed E-state index contributed by atoms with van der Waals surface area (Å²) in [6.07, 6.45) is 0. The predicted octanol–water partition coefficient (Wildman–Crippen LogP) is 1.51. The molecule has 6 heteroatoms.